The zero-order valence-corrected chi connectivity index (χ0v) is 13.7. The molecular formula is C18H30N2O2. The average molecular weight is 306 g/mol. The third-order valence-corrected chi connectivity index (χ3v) is 5.43. The minimum Gasteiger partial charge on any atom is -0.373 e. The van der Waals surface area contributed by atoms with Crippen LogP contribution in [0.25, 0.3) is 0 Å². The van der Waals surface area contributed by atoms with Crippen LogP contribution in [0.3, 0.4) is 0 Å². The van der Waals surface area contributed by atoms with Crippen LogP contribution >= 0.6 is 0 Å². The fraction of sp³-hybridized carbons (Fsp3) is 0.778. The summed E-state index contributed by atoms with van der Waals surface area (Å²) in [5.41, 5.74) is 1.39. The average Bonchev–Trinajstić information content (AvgIpc) is 2.62. The minimum absolute atomic E-state index is 0.117. The third kappa shape index (κ3) is 3.55. The number of nitrogens with zero attached hydrogens (tertiary/aromatic N) is 1. The van der Waals surface area contributed by atoms with E-state index in [0.29, 0.717) is 5.92 Å². The molecule has 0 spiro atoms. The van der Waals surface area contributed by atoms with Gasteiger partial charge in [0.1, 0.15) is 0 Å². The Labute approximate surface area is 134 Å². The Morgan fingerprint density at radius 3 is 2.73 bits per heavy atom. The largest absolute Gasteiger partial charge is 0.373 e. The molecule has 0 amide bonds. The van der Waals surface area contributed by atoms with Gasteiger partial charge in [-0.15, -0.1) is 0 Å². The highest BCUT2D eigenvalue weighted by atomic mass is 16.6. The van der Waals surface area contributed by atoms with E-state index in [2.05, 4.69) is 28.4 Å². The third-order valence-electron chi connectivity index (χ3n) is 5.43. The van der Waals surface area contributed by atoms with Crippen molar-refractivity contribution in [3.05, 3.63) is 23.9 Å². The first kappa shape index (κ1) is 16.0. The van der Waals surface area contributed by atoms with E-state index in [1.807, 2.05) is 0 Å². The molecule has 1 saturated heterocycles. The number of piperidine rings is 1. The molecule has 1 aliphatic carbocycles. The van der Waals surface area contributed by atoms with Crippen molar-refractivity contribution in [1.29, 1.82) is 0 Å². The van der Waals surface area contributed by atoms with Gasteiger partial charge in [-0.25, -0.2) is 0 Å². The Balaban J connectivity index is 1.73. The first-order valence-electron chi connectivity index (χ1n) is 8.86. The van der Waals surface area contributed by atoms with Crippen LogP contribution in [0, 0.1) is 11.8 Å². The van der Waals surface area contributed by atoms with Crippen LogP contribution < -0.4 is 5.32 Å². The van der Waals surface area contributed by atoms with Gasteiger partial charge in [0.05, 0.1) is 6.17 Å². The number of nitrogens with one attached hydrogen (secondary N) is 1. The highest BCUT2D eigenvalue weighted by molar-refractivity contribution is 5.14. The summed E-state index contributed by atoms with van der Waals surface area (Å²) in [6, 6.07) is 0. The summed E-state index contributed by atoms with van der Waals surface area (Å²) in [7, 11) is 1.60. The van der Waals surface area contributed by atoms with Crippen LogP contribution in [0.1, 0.15) is 44.9 Å². The van der Waals surface area contributed by atoms with Gasteiger partial charge in [-0.2, -0.15) is 0 Å². The molecule has 2 unspecified atom stereocenters. The lowest BCUT2D eigenvalue weighted by Gasteiger charge is -2.44. The van der Waals surface area contributed by atoms with Crippen LogP contribution in [0.2, 0.25) is 0 Å². The zero-order chi connectivity index (χ0) is 15.4. The monoisotopic (exact) mass is 306 g/mol. The Morgan fingerprint density at radius 1 is 1.23 bits per heavy atom. The number of hydrogen-bond donors (Lipinski definition) is 2. The molecule has 2 aliphatic heterocycles. The van der Waals surface area contributed by atoms with Crippen LogP contribution in [0.5, 0.6) is 0 Å². The number of rotatable bonds is 4. The van der Waals surface area contributed by atoms with Crippen molar-refractivity contribution in [1.82, 2.24) is 10.2 Å². The number of hydrogen-bond acceptors (Lipinski definition) is 4. The second-order valence-electron chi connectivity index (χ2n) is 6.85. The summed E-state index contributed by atoms with van der Waals surface area (Å²) in [6.07, 6.45) is 14.7. The molecule has 2 heterocycles. The maximum atomic E-state index is 10.3. The predicted octanol–water partition coefficient (Wildman–Crippen LogP) is 2.61. The summed E-state index contributed by atoms with van der Waals surface area (Å²) in [5.74, 6) is 0.740. The van der Waals surface area contributed by atoms with E-state index in [4.69, 9.17) is 4.74 Å². The first-order valence-corrected chi connectivity index (χ1v) is 8.86. The molecule has 3 rings (SSSR count). The molecular weight excluding hydrogens is 276 g/mol. The minimum atomic E-state index is -0.691. The van der Waals surface area contributed by atoms with E-state index >= 15 is 0 Å². The molecule has 4 heteroatoms. The van der Waals surface area contributed by atoms with Gasteiger partial charge in [-0.05, 0) is 38.5 Å². The first-order chi connectivity index (χ1) is 10.8. The lowest BCUT2D eigenvalue weighted by atomic mass is 9.86. The number of aliphatic hydroxyl groups is 1. The molecule has 0 aromatic carbocycles. The van der Waals surface area contributed by atoms with E-state index in [9.17, 15) is 5.11 Å². The van der Waals surface area contributed by atoms with Crippen molar-refractivity contribution in [3.8, 4) is 0 Å². The van der Waals surface area contributed by atoms with Gasteiger partial charge in [-0.1, -0.05) is 24.6 Å². The van der Waals surface area contributed by atoms with E-state index in [1.165, 1.54) is 37.8 Å². The fourth-order valence-electron chi connectivity index (χ4n) is 4.10. The number of aliphatic hydroxyl groups excluding tert-OH is 1. The number of ether oxygens (including phenoxy) is 1. The summed E-state index contributed by atoms with van der Waals surface area (Å²) < 4.78 is 5.24. The van der Waals surface area contributed by atoms with E-state index in [0.717, 1.165) is 25.9 Å². The van der Waals surface area contributed by atoms with Crippen LogP contribution in [0.4, 0.5) is 0 Å². The van der Waals surface area contributed by atoms with Gasteiger partial charge in [0.15, 0.2) is 6.29 Å². The van der Waals surface area contributed by atoms with Crippen LogP contribution in [-0.4, -0.2) is 42.7 Å². The second-order valence-corrected chi connectivity index (χ2v) is 6.85. The Kier molecular flexibility index (Phi) is 5.55. The molecule has 0 bridgehead atoms. The zero-order valence-electron chi connectivity index (χ0n) is 13.7. The van der Waals surface area contributed by atoms with Gasteiger partial charge >= 0.3 is 0 Å². The van der Waals surface area contributed by atoms with Crippen molar-refractivity contribution in [2.75, 3.05) is 20.2 Å². The molecule has 1 fully saturated rings. The molecule has 3 aliphatic rings. The fourth-order valence-corrected chi connectivity index (χ4v) is 4.10. The van der Waals surface area contributed by atoms with E-state index in [-0.39, 0.29) is 12.1 Å². The predicted molar refractivity (Wildman–Crippen MR) is 88.0 cm³/mol. The maximum absolute atomic E-state index is 10.3. The van der Waals surface area contributed by atoms with Gasteiger partial charge < -0.3 is 15.2 Å². The highest BCUT2D eigenvalue weighted by Gasteiger charge is 2.36. The quantitative estimate of drug-likeness (QED) is 0.619. The van der Waals surface area contributed by atoms with Crippen molar-refractivity contribution in [2.24, 2.45) is 11.8 Å². The molecule has 2 N–H and O–H groups in total. The molecule has 124 valence electrons. The lowest BCUT2D eigenvalue weighted by molar-refractivity contribution is -0.137. The van der Waals surface area contributed by atoms with Gasteiger partial charge in [-0.3, -0.25) is 4.90 Å². The van der Waals surface area contributed by atoms with Crippen molar-refractivity contribution in [2.45, 2.75) is 57.4 Å². The summed E-state index contributed by atoms with van der Waals surface area (Å²) in [6.45, 7) is 2.25. The SMILES string of the molecule is COC(O)[C@@H]1CC=C(C2CC=CCC2)N[C@@H]1N1CCCCC1. The molecule has 0 saturated carbocycles. The molecule has 0 aromatic rings. The normalized spacial score (nSPS) is 34.8. The van der Waals surface area contributed by atoms with Crippen molar-refractivity contribution < 1.29 is 9.84 Å². The van der Waals surface area contributed by atoms with Crippen LogP contribution in [-0.2, 0) is 4.74 Å². The topological polar surface area (TPSA) is 44.7 Å². The van der Waals surface area contributed by atoms with Gasteiger partial charge in [0, 0.05) is 37.7 Å². The standard InChI is InChI=1S/C18H30N2O2/c1-22-18(21)15-10-11-16(14-8-4-2-5-9-14)19-17(15)20-12-6-3-7-13-20/h2,4,11,14-15,17-19,21H,3,5-10,12-13H2,1H3/t14?,15-,17-,18?/m1/s1. The Morgan fingerprint density at radius 2 is 2.05 bits per heavy atom. The van der Waals surface area contributed by atoms with Gasteiger partial charge in [0.2, 0.25) is 0 Å². The smallest absolute Gasteiger partial charge is 0.160 e. The summed E-state index contributed by atoms with van der Waals surface area (Å²) >= 11 is 0. The van der Waals surface area contributed by atoms with E-state index in [1.54, 1.807) is 7.11 Å². The number of likely N-dealkylation sites (tertiary alicyclic amines) is 1. The molecule has 4 nitrogen and oxygen atoms in total. The summed E-state index contributed by atoms with van der Waals surface area (Å²) in [4.78, 5) is 2.52. The Bertz CT molecular complexity index is 415. The second kappa shape index (κ2) is 7.62. The van der Waals surface area contributed by atoms with Gasteiger partial charge in [0.25, 0.3) is 0 Å². The van der Waals surface area contributed by atoms with E-state index < -0.39 is 6.29 Å². The number of methoxy groups -OCH3 is 1. The molecule has 0 aromatic heterocycles. The molecule has 22 heavy (non-hydrogen) atoms. The Hall–Kier alpha value is -0.840. The van der Waals surface area contributed by atoms with Crippen LogP contribution in [0.15, 0.2) is 23.9 Å². The van der Waals surface area contributed by atoms with Crippen molar-refractivity contribution >= 4 is 0 Å². The molecule has 0 radical (unpaired) electrons. The highest BCUT2D eigenvalue weighted by Crippen LogP contribution is 2.32. The summed E-state index contributed by atoms with van der Waals surface area (Å²) in [5, 5.41) is 14.0. The molecule has 4 atom stereocenters. The lowest BCUT2D eigenvalue weighted by Crippen LogP contribution is -2.57. The maximum Gasteiger partial charge on any atom is 0.160 e. The van der Waals surface area contributed by atoms with Crippen molar-refractivity contribution in [3.63, 3.8) is 0 Å². The number of allylic oxidation sites excluding steroid dienone is 4.